The lowest BCUT2D eigenvalue weighted by atomic mass is 9.97. The molecular weight excluding hydrogens is 238 g/mol. The molecular formula is C11H15N3O4. The summed E-state index contributed by atoms with van der Waals surface area (Å²) in [5, 5.41) is 8.70. The normalized spacial score (nSPS) is 17.3. The van der Waals surface area contributed by atoms with Crippen LogP contribution >= 0.6 is 0 Å². The van der Waals surface area contributed by atoms with Crippen LogP contribution in [0.5, 0.6) is 0 Å². The number of anilines is 1. The highest BCUT2D eigenvalue weighted by atomic mass is 16.5. The van der Waals surface area contributed by atoms with E-state index in [9.17, 15) is 9.59 Å². The molecule has 1 saturated heterocycles. The molecule has 2 rings (SSSR count). The molecule has 0 saturated carbocycles. The van der Waals surface area contributed by atoms with E-state index in [1.54, 1.807) is 12.0 Å². The van der Waals surface area contributed by atoms with Crippen molar-refractivity contribution in [2.75, 3.05) is 25.1 Å². The van der Waals surface area contributed by atoms with Crippen LogP contribution in [0.3, 0.4) is 0 Å². The molecule has 0 radical (unpaired) electrons. The van der Waals surface area contributed by atoms with Gasteiger partial charge >= 0.3 is 5.97 Å². The third-order valence-electron chi connectivity index (χ3n) is 3.04. The summed E-state index contributed by atoms with van der Waals surface area (Å²) in [4.78, 5) is 28.4. The third kappa shape index (κ3) is 2.21. The van der Waals surface area contributed by atoms with Gasteiger partial charge in [0.1, 0.15) is 6.54 Å². The fourth-order valence-electron chi connectivity index (χ4n) is 1.96. The zero-order valence-corrected chi connectivity index (χ0v) is 10.3. The molecule has 0 aliphatic carbocycles. The lowest BCUT2D eigenvalue weighted by Crippen LogP contribution is -2.62. The maximum Gasteiger partial charge on any atom is 0.323 e. The van der Waals surface area contributed by atoms with Crippen molar-refractivity contribution in [2.45, 2.75) is 19.1 Å². The molecule has 2 heterocycles. The molecule has 1 aliphatic rings. The second kappa shape index (κ2) is 4.41. The molecule has 1 aromatic heterocycles. The first kappa shape index (κ1) is 12.6. The van der Waals surface area contributed by atoms with E-state index in [1.165, 1.54) is 12.4 Å². The second-order valence-corrected chi connectivity index (χ2v) is 4.59. The van der Waals surface area contributed by atoms with Gasteiger partial charge in [0.2, 0.25) is 0 Å². The number of hydrogen-bond acceptors (Lipinski definition) is 5. The van der Waals surface area contributed by atoms with E-state index in [0.717, 1.165) is 4.57 Å². The predicted octanol–water partition coefficient (Wildman–Crippen LogP) is -0.447. The average molecular weight is 253 g/mol. The van der Waals surface area contributed by atoms with Gasteiger partial charge in [-0.2, -0.15) is 0 Å². The Bertz CT molecular complexity index is 519. The van der Waals surface area contributed by atoms with Crippen LogP contribution in [0.4, 0.5) is 5.82 Å². The van der Waals surface area contributed by atoms with Crippen molar-refractivity contribution in [2.24, 2.45) is 0 Å². The van der Waals surface area contributed by atoms with Gasteiger partial charge in [-0.3, -0.25) is 14.2 Å². The standard InChI is InChI=1S/C11H15N3O4/c1-11(18-2)6-14(7-11)9-10(17)13(4-3-12-9)5-8(15)16/h3-4H,5-7H2,1-2H3,(H,15,16). The number of carboxylic acid groups (broad SMARTS) is 1. The van der Waals surface area contributed by atoms with Gasteiger partial charge in [-0.25, -0.2) is 4.98 Å². The smallest absolute Gasteiger partial charge is 0.323 e. The quantitative estimate of drug-likeness (QED) is 0.782. The number of rotatable bonds is 4. The minimum Gasteiger partial charge on any atom is -0.480 e. The van der Waals surface area contributed by atoms with Crippen LogP contribution in [-0.4, -0.2) is 46.4 Å². The topological polar surface area (TPSA) is 84.7 Å². The van der Waals surface area contributed by atoms with Gasteiger partial charge < -0.3 is 14.7 Å². The van der Waals surface area contributed by atoms with Crippen molar-refractivity contribution < 1.29 is 14.6 Å². The fourth-order valence-corrected chi connectivity index (χ4v) is 1.96. The molecule has 7 nitrogen and oxygen atoms in total. The predicted molar refractivity (Wildman–Crippen MR) is 63.8 cm³/mol. The lowest BCUT2D eigenvalue weighted by Gasteiger charge is -2.47. The van der Waals surface area contributed by atoms with Crippen LogP contribution < -0.4 is 10.5 Å². The second-order valence-electron chi connectivity index (χ2n) is 4.59. The molecule has 7 heteroatoms. The summed E-state index contributed by atoms with van der Waals surface area (Å²) in [5.74, 6) is -0.784. The Morgan fingerprint density at radius 3 is 2.83 bits per heavy atom. The van der Waals surface area contributed by atoms with E-state index < -0.39 is 11.5 Å². The Kier molecular flexibility index (Phi) is 3.08. The molecule has 98 valence electrons. The number of methoxy groups -OCH3 is 1. The number of carbonyl (C=O) groups is 1. The zero-order chi connectivity index (χ0) is 13.3. The van der Waals surface area contributed by atoms with E-state index in [1.807, 2.05) is 6.92 Å². The van der Waals surface area contributed by atoms with Crippen molar-refractivity contribution in [1.29, 1.82) is 0 Å². The van der Waals surface area contributed by atoms with Gasteiger partial charge in [0, 0.05) is 19.5 Å². The number of aliphatic carboxylic acids is 1. The van der Waals surface area contributed by atoms with Gasteiger partial charge in [0.15, 0.2) is 5.82 Å². The SMILES string of the molecule is COC1(C)CN(c2nccn(CC(=O)O)c2=O)C1. The maximum absolute atomic E-state index is 12.0. The first-order valence-corrected chi connectivity index (χ1v) is 5.52. The van der Waals surface area contributed by atoms with Crippen LogP contribution in [0.15, 0.2) is 17.2 Å². The molecule has 0 bridgehead atoms. The van der Waals surface area contributed by atoms with Gasteiger partial charge in [0.05, 0.1) is 18.7 Å². The van der Waals surface area contributed by atoms with Crippen LogP contribution in [0, 0.1) is 0 Å². The molecule has 1 aliphatic heterocycles. The largest absolute Gasteiger partial charge is 0.480 e. The molecule has 1 N–H and O–H groups in total. The Hall–Kier alpha value is -1.89. The minimum absolute atomic E-state index is 0.262. The Labute approximate surface area is 104 Å². The number of carboxylic acids is 1. The lowest BCUT2D eigenvalue weighted by molar-refractivity contribution is -0.137. The summed E-state index contributed by atoms with van der Waals surface area (Å²) < 4.78 is 6.42. The van der Waals surface area contributed by atoms with E-state index in [0.29, 0.717) is 13.1 Å². The van der Waals surface area contributed by atoms with Crippen molar-refractivity contribution in [3.05, 3.63) is 22.7 Å². The highest BCUT2D eigenvalue weighted by Crippen LogP contribution is 2.26. The highest BCUT2D eigenvalue weighted by Gasteiger charge is 2.40. The van der Waals surface area contributed by atoms with Gasteiger partial charge in [-0.1, -0.05) is 0 Å². The molecule has 0 unspecified atom stereocenters. The summed E-state index contributed by atoms with van der Waals surface area (Å²) >= 11 is 0. The summed E-state index contributed by atoms with van der Waals surface area (Å²) in [6.07, 6.45) is 2.80. The van der Waals surface area contributed by atoms with E-state index in [2.05, 4.69) is 4.98 Å². The first-order chi connectivity index (χ1) is 8.45. The number of aromatic nitrogens is 2. The van der Waals surface area contributed by atoms with Crippen LogP contribution in [0.25, 0.3) is 0 Å². The van der Waals surface area contributed by atoms with Gasteiger partial charge in [-0.05, 0) is 6.92 Å². The highest BCUT2D eigenvalue weighted by molar-refractivity contribution is 5.66. The van der Waals surface area contributed by atoms with Crippen molar-refractivity contribution in [1.82, 2.24) is 9.55 Å². The van der Waals surface area contributed by atoms with Gasteiger partial charge in [0.25, 0.3) is 5.56 Å². The molecule has 1 fully saturated rings. The zero-order valence-electron chi connectivity index (χ0n) is 10.3. The molecule has 1 aromatic rings. The number of ether oxygens (including phenoxy) is 1. The summed E-state index contributed by atoms with van der Waals surface area (Å²) in [6, 6.07) is 0. The van der Waals surface area contributed by atoms with Crippen molar-refractivity contribution in [3.8, 4) is 0 Å². The number of nitrogens with zero attached hydrogens (tertiary/aromatic N) is 3. The van der Waals surface area contributed by atoms with Crippen molar-refractivity contribution in [3.63, 3.8) is 0 Å². The average Bonchev–Trinajstić information content (AvgIpc) is 2.27. The molecule has 18 heavy (non-hydrogen) atoms. The summed E-state index contributed by atoms with van der Waals surface area (Å²) in [5.41, 5.74) is -0.653. The monoisotopic (exact) mass is 253 g/mol. The molecule has 0 amide bonds. The summed E-state index contributed by atoms with van der Waals surface area (Å²) in [6.45, 7) is 2.73. The molecule has 0 aromatic carbocycles. The van der Waals surface area contributed by atoms with Crippen molar-refractivity contribution >= 4 is 11.8 Å². The maximum atomic E-state index is 12.0. The number of hydrogen-bond donors (Lipinski definition) is 1. The Morgan fingerprint density at radius 2 is 2.28 bits per heavy atom. The summed E-state index contributed by atoms with van der Waals surface area (Å²) in [7, 11) is 1.62. The third-order valence-corrected chi connectivity index (χ3v) is 3.04. The molecule has 0 spiro atoms. The van der Waals surface area contributed by atoms with Gasteiger partial charge in [-0.15, -0.1) is 0 Å². The minimum atomic E-state index is -1.06. The Balaban J connectivity index is 2.21. The van der Waals surface area contributed by atoms with Crippen LogP contribution in [0.1, 0.15) is 6.92 Å². The Morgan fingerprint density at radius 1 is 1.61 bits per heavy atom. The van der Waals surface area contributed by atoms with Crippen LogP contribution in [-0.2, 0) is 16.1 Å². The van der Waals surface area contributed by atoms with E-state index in [4.69, 9.17) is 9.84 Å². The first-order valence-electron chi connectivity index (χ1n) is 5.52. The van der Waals surface area contributed by atoms with Crippen LogP contribution in [0.2, 0.25) is 0 Å². The molecule has 0 atom stereocenters. The van der Waals surface area contributed by atoms with E-state index in [-0.39, 0.29) is 18.0 Å². The van der Waals surface area contributed by atoms with E-state index >= 15 is 0 Å². The fraction of sp³-hybridized carbons (Fsp3) is 0.545.